The van der Waals surface area contributed by atoms with Gasteiger partial charge in [0.15, 0.2) is 5.82 Å². The molecule has 2 atom stereocenters. The first-order valence-electron chi connectivity index (χ1n) is 9.61. The number of hydrogen-bond acceptors (Lipinski definition) is 5. The van der Waals surface area contributed by atoms with E-state index < -0.39 is 6.09 Å². The molecule has 1 aromatic heterocycles. The van der Waals surface area contributed by atoms with Crippen LogP contribution in [0.2, 0.25) is 0 Å². The summed E-state index contributed by atoms with van der Waals surface area (Å²) < 4.78 is 10.6. The molecule has 1 aromatic carbocycles. The van der Waals surface area contributed by atoms with Crippen LogP contribution in [0, 0.1) is 0 Å². The number of H-pyrrole nitrogens is 1. The number of nitrogens with one attached hydrogen (secondary N) is 3. The lowest BCUT2D eigenvalue weighted by Gasteiger charge is -2.12. The van der Waals surface area contributed by atoms with Gasteiger partial charge in [0.25, 0.3) is 0 Å². The van der Waals surface area contributed by atoms with Crippen molar-refractivity contribution in [2.75, 3.05) is 11.9 Å². The number of ether oxygens (including phenoxy) is 2. The van der Waals surface area contributed by atoms with Crippen molar-refractivity contribution in [3.05, 3.63) is 47.7 Å². The predicted octanol–water partition coefficient (Wildman–Crippen LogP) is 3.93. The summed E-state index contributed by atoms with van der Waals surface area (Å²) in [6.07, 6.45) is 2.30. The van der Waals surface area contributed by atoms with Crippen LogP contribution in [-0.4, -0.2) is 35.0 Å². The average Bonchev–Trinajstić information content (AvgIpc) is 3.35. The van der Waals surface area contributed by atoms with Crippen molar-refractivity contribution in [2.24, 2.45) is 0 Å². The molecule has 1 fully saturated rings. The number of carbonyl (C=O) groups is 2. The Morgan fingerprint density at radius 3 is 2.82 bits per heavy atom. The molecule has 1 saturated carbocycles. The zero-order chi connectivity index (χ0) is 19.8. The first kappa shape index (κ1) is 19.7. The second-order valence-electron chi connectivity index (χ2n) is 6.86. The number of hydrogen-bond donors (Lipinski definition) is 3. The van der Waals surface area contributed by atoms with E-state index in [0.717, 1.165) is 36.9 Å². The lowest BCUT2D eigenvalue weighted by Crippen LogP contribution is -2.28. The van der Waals surface area contributed by atoms with Gasteiger partial charge >= 0.3 is 12.2 Å². The smallest absolute Gasteiger partial charge is 0.413 e. The molecule has 1 heterocycles. The molecule has 3 N–H and O–H groups in total. The van der Waals surface area contributed by atoms with Gasteiger partial charge in [-0.05, 0) is 31.2 Å². The van der Waals surface area contributed by atoms with Crippen LogP contribution in [0.15, 0.2) is 36.4 Å². The molecule has 0 saturated heterocycles. The number of aromatic nitrogens is 2. The molecule has 2 aromatic rings. The first-order chi connectivity index (χ1) is 13.6. The Hall–Kier alpha value is -3.03. The van der Waals surface area contributed by atoms with Crippen molar-refractivity contribution >= 4 is 18.0 Å². The summed E-state index contributed by atoms with van der Waals surface area (Å²) in [7, 11) is 0. The van der Waals surface area contributed by atoms with Crippen LogP contribution < -0.4 is 10.6 Å². The summed E-state index contributed by atoms with van der Waals surface area (Å²) >= 11 is 0. The minimum atomic E-state index is -0.554. The first-order valence-corrected chi connectivity index (χ1v) is 9.61. The summed E-state index contributed by atoms with van der Waals surface area (Å²) in [6, 6.07) is 11.3. The zero-order valence-corrected chi connectivity index (χ0v) is 15.9. The van der Waals surface area contributed by atoms with Gasteiger partial charge in [0.05, 0.1) is 0 Å². The Balaban J connectivity index is 1.44. The molecule has 1 aliphatic carbocycles. The fourth-order valence-corrected chi connectivity index (χ4v) is 3.22. The van der Waals surface area contributed by atoms with Gasteiger partial charge in [-0.15, -0.1) is 0 Å². The molecule has 0 unspecified atom stereocenters. The molecule has 0 radical (unpaired) electrons. The highest BCUT2D eigenvalue weighted by atomic mass is 16.6. The molecule has 1 aliphatic rings. The third-order valence-electron chi connectivity index (χ3n) is 4.66. The summed E-state index contributed by atoms with van der Waals surface area (Å²) in [5, 5.41) is 12.4. The second-order valence-corrected chi connectivity index (χ2v) is 6.86. The minimum absolute atomic E-state index is 0.0996. The van der Waals surface area contributed by atoms with E-state index >= 15 is 0 Å². The highest BCUT2D eigenvalue weighted by Crippen LogP contribution is 2.35. The van der Waals surface area contributed by atoms with Gasteiger partial charge in [0.2, 0.25) is 0 Å². The quantitative estimate of drug-likeness (QED) is 0.669. The highest BCUT2D eigenvalue weighted by Gasteiger charge is 2.30. The molecule has 2 amide bonds. The Kier molecular flexibility index (Phi) is 6.89. The Morgan fingerprint density at radius 1 is 1.21 bits per heavy atom. The topological polar surface area (TPSA) is 105 Å². The Labute approximate surface area is 164 Å². The van der Waals surface area contributed by atoms with Crippen LogP contribution in [0.3, 0.4) is 0 Å². The van der Waals surface area contributed by atoms with Crippen molar-refractivity contribution in [1.29, 1.82) is 0 Å². The number of anilines is 1. The van der Waals surface area contributed by atoms with Gasteiger partial charge in [-0.3, -0.25) is 10.4 Å². The average molecular weight is 386 g/mol. The largest absolute Gasteiger partial charge is 0.446 e. The lowest BCUT2D eigenvalue weighted by atomic mass is 10.0. The van der Waals surface area contributed by atoms with Crippen LogP contribution in [0.1, 0.15) is 49.8 Å². The molecule has 0 bridgehead atoms. The molecule has 8 heteroatoms. The number of benzene rings is 1. The number of nitrogens with zero attached hydrogens (tertiary/aromatic N) is 1. The van der Waals surface area contributed by atoms with E-state index in [-0.39, 0.29) is 24.7 Å². The van der Waals surface area contributed by atoms with E-state index in [1.165, 1.54) is 0 Å². The van der Waals surface area contributed by atoms with E-state index in [2.05, 4.69) is 20.8 Å². The number of amides is 2. The fourth-order valence-electron chi connectivity index (χ4n) is 3.22. The maximum Gasteiger partial charge on any atom is 0.413 e. The van der Waals surface area contributed by atoms with Gasteiger partial charge in [0, 0.05) is 24.2 Å². The molecule has 150 valence electrons. The third-order valence-corrected chi connectivity index (χ3v) is 4.66. The van der Waals surface area contributed by atoms with Crippen molar-refractivity contribution in [2.45, 2.75) is 51.2 Å². The Morgan fingerprint density at radius 2 is 2.04 bits per heavy atom. The molecule has 3 rings (SSSR count). The molecule has 0 aliphatic heterocycles. The normalized spacial score (nSPS) is 18.5. The summed E-state index contributed by atoms with van der Waals surface area (Å²) in [4.78, 5) is 23.6. The van der Waals surface area contributed by atoms with Crippen LogP contribution in [0.4, 0.5) is 15.4 Å². The van der Waals surface area contributed by atoms with Crippen molar-refractivity contribution in [1.82, 2.24) is 15.5 Å². The monoisotopic (exact) mass is 386 g/mol. The lowest BCUT2D eigenvalue weighted by molar-refractivity contribution is 0.100. The van der Waals surface area contributed by atoms with Gasteiger partial charge in [-0.2, -0.15) is 5.10 Å². The number of aromatic amines is 1. The third kappa shape index (κ3) is 5.73. The van der Waals surface area contributed by atoms with E-state index in [9.17, 15) is 9.59 Å². The van der Waals surface area contributed by atoms with Crippen LogP contribution in [0.25, 0.3) is 0 Å². The fraction of sp³-hybridized carbons (Fsp3) is 0.450. The molecular formula is C20H26N4O4. The highest BCUT2D eigenvalue weighted by molar-refractivity contribution is 5.83. The SMILES string of the molecule is CCCNC(=O)O[C@H]1CC[C@@H](c2cc(NC(=O)OCc3ccccc3)n[nH]2)C1. The van der Waals surface area contributed by atoms with Gasteiger partial charge in [-0.25, -0.2) is 9.59 Å². The predicted molar refractivity (Wildman–Crippen MR) is 104 cm³/mol. The summed E-state index contributed by atoms with van der Waals surface area (Å²) in [6.45, 7) is 2.81. The minimum Gasteiger partial charge on any atom is -0.446 e. The maximum atomic E-state index is 11.9. The Bertz CT molecular complexity index is 778. The number of carbonyl (C=O) groups excluding carboxylic acids is 2. The summed E-state index contributed by atoms with van der Waals surface area (Å²) in [5.74, 6) is 0.630. The van der Waals surface area contributed by atoms with Gasteiger partial charge in [-0.1, -0.05) is 37.3 Å². The van der Waals surface area contributed by atoms with E-state index in [4.69, 9.17) is 9.47 Å². The number of alkyl carbamates (subject to hydrolysis) is 1. The van der Waals surface area contributed by atoms with Crippen LogP contribution in [0.5, 0.6) is 0 Å². The summed E-state index contributed by atoms with van der Waals surface area (Å²) in [5.41, 5.74) is 1.83. The van der Waals surface area contributed by atoms with Gasteiger partial charge < -0.3 is 14.8 Å². The van der Waals surface area contributed by atoms with E-state index in [0.29, 0.717) is 12.4 Å². The molecular weight excluding hydrogens is 360 g/mol. The van der Waals surface area contributed by atoms with Crippen molar-refractivity contribution in [3.63, 3.8) is 0 Å². The van der Waals surface area contributed by atoms with Crippen molar-refractivity contribution < 1.29 is 19.1 Å². The molecule has 8 nitrogen and oxygen atoms in total. The van der Waals surface area contributed by atoms with Crippen LogP contribution >= 0.6 is 0 Å². The van der Waals surface area contributed by atoms with E-state index in [1.807, 2.05) is 37.3 Å². The maximum absolute atomic E-state index is 11.9. The van der Waals surface area contributed by atoms with Crippen LogP contribution in [-0.2, 0) is 16.1 Å². The van der Waals surface area contributed by atoms with E-state index in [1.54, 1.807) is 6.07 Å². The zero-order valence-electron chi connectivity index (χ0n) is 15.9. The van der Waals surface area contributed by atoms with Gasteiger partial charge in [0.1, 0.15) is 12.7 Å². The van der Waals surface area contributed by atoms with Crippen molar-refractivity contribution in [3.8, 4) is 0 Å². The molecule has 0 spiro atoms. The second kappa shape index (κ2) is 9.77. The standard InChI is InChI=1S/C20H26N4O4/c1-2-10-21-19(25)28-16-9-8-15(11-16)17-12-18(24-23-17)22-20(26)27-13-14-6-4-3-5-7-14/h3-7,12,15-16H,2,8-11,13H2,1H3,(H,21,25)(H2,22,23,24,26)/t15-,16+/m1/s1. The molecule has 28 heavy (non-hydrogen) atoms. The number of rotatable bonds is 7.